The van der Waals surface area contributed by atoms with Crippen LogP contribution in [0.3, 0.4) is 0 Å². The zero-order valence-electron chi connectivity index (χ0n) is 14.6. The number of carbonyl (C=O) groups is 1. The number of carbonyl (C=O) groups excluding carboxylic acids is 1. The van der Waals surface area contributed by atoms with Crippen molar-refractivity contribution in [3.8, 4) is 11.4 Å². The topological polar surface area (TPSA) is 119 Å². The summed E-state index contributed by atoms with van der Waals surface area (Å²) < 4.78 is 0.909. The number of nitrogens with zero attached hydrogens (tertiary/aromatic N) is 2. The van der Waals surface area contributed by atoms with Gasteiger partial charge in [0.2, 0.25) is 11.1 Å². The van der Waals surface area contributed by atoms with Gasteiger partial charge in [-0.3, -0.25) is 9.89 Å². The molecule has 4 N–H and O–H groups in total. The zero-order valence-corrected chi connectivity index (χ0v) is 17.0. The lowest BCUT2D eigenvalue weighted by atomic mass is 10.2. The van der Waals surface area contributed by atoms with E-state index in [4.69, 9.17) is 0 Å². The maximum Gasteiger partial charge on any atom is 0.323 e. The molecule has 4 aromatic rings. The van der Waals surface area contributed by atoms with Crippen molar-refractivity contribution in [2.75, 3.05) is 5.32 Å². The normalized spacial score (nSPS) is 12.2. The first-order valence-corrected chi connectivity index (χ1v) is 10.0. The standard InChI is InChI=1S/C18H15BrN6O2S/c1-9(16(26)20-10-6-7-13-14(8-10)22-17(27)21-13)28-18-23-15(24-25-18)11-4-2-3-5-12(11)19/h2-9H,1H3,(H,20,26)(H2,21,22,27)(H,23,24,25). The number of amides is 1. The van der Waals surface area contributed by atoms with Gasteiger partial charge in [0.25, 0.3) is 0 Å². The number of fused-ring (bicyclic) bond motifs is 1. The monoisotopic (exact) mass is 458 g/mol. The number of benzene rings is 2. The van der Waals surface area contributed by atoms with Gasteiger partial charge in [-0.2, -0.15) is 0 Å². The minimum Gasteiger partial charge on any atom is -0.325 e. The SMILES string of the molecule is CC(Sc1n[nH]c(-c2ccccc2Br)n1)C(=O)Nc1ccc2[nH]c(=O)[nH]c2c1. The van der Waals surface area contributed by atoms with Crippen molar-refractivity contribution < 1.29 is 4.79 Å². The third-order valence-corrected chi connectivity index (χ3v) is 5.68. The molecule has 0 aliphatic carbocycles. The number of halogens is 1. The summed E-state index contributed by atoms with van der Waals surface area (Å²) in [6, 6.07) is 12.9. The molecule has 2 aromatic heterocycles. The minimum atomic E-state index is -0.413. The van der Waals surface area contributed by atoms with Gasteiger partial charge < -0.3 is 15.3 Å². The Morgan fingerprint density at radius 2 is 1.96 bits per heavy atom. The van der Waals surface area contributed by atoms with E-state index in [1.807, 2.05) is 24.3 Å². The lowest BCUT2D eigenvalue weighted by Crippen LogP contribution is -2.22. The van der Waals surface area contributed by atoms with E-state index in [9.17, 15) is 9.59 Å². The van der Waals surface area contributed by atoms with Crippen molar-refractivity contribution in [1.29, 1.82) is 0 Å². The maximum atomic E-state index is 12.5. The van der Waals surface area contributed by atoms with E-state index in [0.29, 0.717) is 27.7 Å². The van der Waals surface area contributed by atoms with Gasteiger partial charge in [0, 0.05) is 15.7 Å². The molecule has 10 heteroatoms. The fraction of sp³-hybridized carbons (Fsp3) is 0.111. The average Bonchev–Trinajstić information content (AvgIpc) is 3.27. The second-order valence-electron chi connectivity index (χ2n) is 6.04. The van der Waals surface area contributed by atoms with Crippen molar-refractivity contribution >= 4 is 50.3 Å². The Bertz CT molecular complexity index is 1210. The van der Waals surface area contributed by atoms with E-state index in [0.717, 1.165) is 10.0 Å². The van der Waals surface area contributed by atoms with Crippen molar-refractivity contribution in [3.63, 3.8) is 0 Å². The molecule has 28 heavy (non-hydrogen) atoms. The Kier molecular flexibility index (Phi) is 5.05. The molecule has 1 atom stereocenters. The van der Waals surface area contributed by atoms with Gasteiger partial charge in [-0.25, -0.2) is 9.78 Å². The van der Waals surface area contributed by atoms with Crippen LogP contribution in [-0.4, -0.2) is 36.3 Å². The number of hydrogen-bond acceptors (Lipinski definition) is 5. The fourth-order valence-corrected chi connectivity index (χ4v) is 3.84. The summed E-state index contributed by atoms with van der Waals surface area (Å²) >= 11 is 4.74. The van der Waals surface area contributed by atoms with Gasteiger partial charge >= 0.3 is 5.69 Å². The van der Waals surface area contributed by atoms with E-state index in [-0.39, 0.29) is 11.6 Å². The smallest absolute Gasteiger partial charge is 0.323 e. The molecule has 0 aliphatic heterocycles. The van der Waals surface area contributed by atoms with Gasteiger partial charge in [-0.1, -0.05) is 45.9 Å². The Labute approximate surface area is 171 Å². The lowest BCUT2D eigenvalue weighted by Gasteiger charge is -2.10. The molecule has 8 nitrogen and oxygen atoms in total. The summed E-state index contributed by atoms with van der Waals surface area (Å²) in [7, 11) is 0. The summed E-state index contributed by atoms with van der Waals surface area (Å²) in [5.41, 5.74) is 2.53. The van der Waals surface area contributed by atoms with Gasteiger partial charge in [0.15, 0.2) is 5.82 Å². The number of aromatic amines is 3. The summed E-state index contributed by atoms with van der Waals surface area (Å²) in [5.74, 6) is 0.443. The fourth-order valence-electron chi connectivity index (χ4n) is 2.64. The third-order valence-electron chi connectivity index (χ3n) is 4.03. The highest BCUT2D eigenvalue weighted by molar-refractivity contribution is 9.10. The highest BCUT2D eigenvalue weighted by Gasteiger charge is 2.18. The van der Waals surface area contributed by atoms with Crippen LogP contribution in [0, 0.1) is 0 Å². The summed E-state index contributed by atoms with van der Waals surface area (Å²) in [4.78, 5) is 33.6. The van der Waals surface area contributed by atoms with E-state index < -0.39 is 5.25 Å². The molecule has 4 rings (SSSR count). The lowest BCUT2D eigenvalue weighted by molar-refractivity contribution is -0.115. The molecular formula is C18H15BrN6O2S. The average molecular weight is 459 g/mol. The molecule has 1 unspecified atom stereocenters. The number of aromatic nitrogens is 5. The first-order chi connectivity index (χ1) is 13.5. The molecule has 0 spiro atoms. The van der Waals surface area contributed by atoms with Crippen LogP contribution in [0.1, 0.15) is 6.92 Å². The van der Waals surface area contributed by atoms with Crippen LogP contribution in [0.4, 0.5) is 5.69 Å². The number of thioether (sulfide) groups is 1. The predicted octanol–water partition coefficient (Wildman–Crippen LogP) is 3.52. The summed E-state index contributed by atoms with van der Waals surface area (Å²) in [6.07, 6.45) is 0. The highest BCUT2D eigenvalue weighted by atomic mass is 79.9. The van der Waals surface area contributed by atoms with E-state index in [1.54, 1.807) is 25.1 Å². The molecule has 2 aromatic carbocycles. The maximum absolute atomic E-state index is 12.5. The number of imidazole rings is 1. The molecule has 0 fully saturated rings. The molecular weight excluding hydrogens is 444 g/mol. The highest BCUT2D eigenvalue weighted by Crippen LogP contribution is 2.28. The van der Waals surface area contributed by atoms with Crippen LogP contribution in [0.15, 0.2) is 56.9 Å². The Balaban J connectivity index is 1.44. The molecule has 0 bridgehead atoms. The number of H-pyrrole nitrogens is 3. The van der Waals surface area contributed by atoms with Gasteiger partial charge in [0.05, 0.1) is 16.3 Å². The van der Waals surface area contributed by atoms with Gasteiger partial charge in [0.1, 0.15) is 0 Å². The molecule has 0 radical (unpaired) electrons. The van der Waals surface area contributed by atoms with E-state index >= 15 is 0 Å². The quantitative estimate of drug-likeness (QED) is 0.341. The van der Waals surface area contributed by atoms with Crippen molar-refractivity contribution in [1.82, 2.24) is 25.1 Å². The molecule has 0 saturated heterocycles. The van der Waals surface area contributed by atoms with Crippen molar-refractivity contribution in [2.45, 2.75) is 17.3 Å². The largest absolute Gasteiger partial charge is 0.325 e. The molecule has 1 amide bonds. The number of anilines is 1. The van der Waals surface area contributed by atoms with Crippen LogP contribution in [-0.2, 0) is 4.79 Å². The van der Waals surface area contributed by atoms with Crippen LogP contribution >= 0.6 is 27.7 Å². The third kappa shape index (κ3) is 3.87. The Hall–Kier alpha value is -2.85. The minimum absolute atomic E-state index is 0.186. The second kappa shape index (κ2) is 7.64. The van der Waals surface area contributed by atoms with E-state index in [1.165, 1.54) is 11.8 Å². The van der Waals surface area contributed by atoms with Crippen molar-refractivity contribution in [3.05, 3.63) is 57.4 Å². The van der Waals surface area contributed by atoms with Crippen LogP contribution in [0.5, 0.6) is 0 Å². The summed E-state index contributed by atoms with van der Waals surface area (Å²) in [6.45, 7) is 1.78. The second-order valence-corrected chi connectivity index (χ2v) is 8.20. The number of nitrogens with one attached hydrogen (secondary N) is 4. The van der Waals surface area contributed by atoms with Crippen LogP contribution in [0.25, 0.3) is 22.4 Å². The van der Waals surface area contributed by atoms with Crippen molar-refractivity contribution in [2.24, 2.45) is 0 Å². The zero-order chi connectivity index (χ0) is 19.7. The summed E-state index contributed by atoms with van der Waals surface area (Å²) in [5, 5.41) is 10.0. The van der Waals surface area contributed by atoms with E-state index in [2.05, 4.69) is 46.4 Å². The van der Waals surface area contributed by atoms with Crippen LogP contribution in [0.2, 0.25) is 0 Å². The number of rotatable bonds is 5. The van der Waals surface area contributed by atoms with Gasteiger partial charge in [-0.15, -0.1) is 5.10 Å². The molecule has 0 aliphatic rings. The number of hydrogen-bond donors (Lipinski definition) is 4. The van der Waals surface area contributed by atoms with Gasteiger partial charge in [-0.05, 0) is 31.2 Å². The molecule has 2 heterocycles. The van der Waals surface area contributed by atoms with Crippen LogP contribution < -0.4 is 11.0 Å². The molecule has 142 valence electrons. The first kappa shape index (κ1) is 18.5. The Morgan fingerprint density at radius 3 is 2.79 bits per heavy atom. The first-order valence-electron chi connectivity index (χ1n) is 8.36. The Morgan fingerprint density at radius 1 is 1.18 bits per heavy atom. The predicted molar refractivity (Wildman–Crippen MR) is 112 cm³/mol. The molecule has 0 saturated carbocycles.